The maximum Gasteiger partial charge on any atom is 0.334 e. The van der Waals surface area contributed by atoms with E-state index >= 15 is 0 Å². The first-order chi connectivity index (χ1) is 18.1. The molecule has 1 aromatic rings. The van der Waals surface area contributed by atoms with E-state index in [1.165, 1.54) is 13.2 Å². The Hall–Kier alpha value is -3.00. The number of fused-ring (bicyclic) bond motifs is 1. The Labute approximate surface area is 218 Å². The highest BCUT2D eigenvalue weighted by Crippen LogP contribution is 2.47. The molecule has 12 nitrogen and oxygen atoms in total. The lowest BCUT2D eigenvalue weighted by molar-refractivity contribution is -0.343. The lowest BCUT2D eigenvalue weighted by Gasteiger charge is -2.44. The summed E-state index contributed by atoms with van der Waals surface area (Å²) in [5.41, 5.74) is 0.672. The predicted molar refractivity (Wildman–Crippen MR) is 128 cm³/mol. The van der Waals surface area contributed by atoms with E-state index in [1.54, 1.807) is 31.2 Å². The molecule has 1 aliphatic carbocycles. The van der Waals surface area contributed by atoms with Gasteiger partial charge >= 0.3 is 11.9 Å². The molecule has 0 spiro atoms. The van der Waals surface area contributed by atoms with E-state index in [-0.39, 0.29) is 12.0 Å². The van der Waals surface area contributed by atoms with Crippen molar-refractivity contribution in [2.75, 3.05) is 13.7 Å². The highest BCUT2D eigenvalue weighted by Gasteiger charge is 2.54. The van der Waals surface area contributed by atoms with Crippen LogP contribution < -0.4 is 4.74 Å². The normalized spacial score (nSPS) is 36.7. The van der Waals surface area contributed by atoms with Crippen LogP contribution in [0, 0.1) is 17.8 Å². The van der Waals surface area contributed by atoms with Crippen LogP contribution in [0.5, 0.6) is 5.75 Å². The van der Waals surface area contributed by atoms with Gasteiger partial charge in [-0.3, -0.25) is 0 Å². The number of esters is 1. The largest absolute Gasteiger partial charge is 0.497 e. The number of carboxylic acids is 1. The number of carboxylic acid groups (broad SMARTS) is 1. The summed E-state index contributed by atoms with van der Waals surface area (Å²) in [5, 5.41) is 50.7. The van der Waals surface area contributed by atoms with Crippen LogP contribution >= 0.6 is 0 Å². The molecule has 0 bridgehead atoms. The molecule has 2 fully saturated rings. The second kappa shape index (κ2) is 11.8. The number of carbonyl (C=O) groups excluding carboxylic acids is 1. The molecule has 38 heavy (non-hydrogen) atoms. The molecule has 10 atom stereocenters. The van der Waals surface area contributed by atoms with Crippen LogP contribution in [0.15, 0.2) is 42.2 Å². The van der Waals surface area contributed by atoms with E-state index < -0.39 is 79.4 Å². The van der Waals surface area contributed by atoms with Crippen LogP contribution in [-0.2, 0) is 28.5 Å². The van der Waals surface area contributed by atoms with Crippen molar-refractivity contribution in [2.45, 2.75) is 56.4 Å². The molecule has 5 N–H and O–H groups in total. The molecule has 1 saturated heterocycles. The van der Waals surface area contributed by atoms with Crippen LogP contribution in [0.4, 0.5) is 0 Å². The predicted octanol–water partition coefficient (Wildman–Crippen LogP) is 0.0337. The molecule has 12 heteroatoms. The molecule has 3 aliphatic rings. The number of ether oxygens (including phenoxy) is 5. The van der Waals surface area contributed by atoms with Gasteiger partial charge in [0.1, 0.15) is 24.1 Å². The molecule has 0 unspecified atom stereocenters. The van der Waals surface area contributed by atoms with Gasteiger partial charge in [-0.1, -0.05) is 19.1 Å². The Balaban J connectivity index is 1.52. The third-order valence-corrected chi connectivity index (χ3v) is 7.34. The number of aliphatic hydroxyl groups is 4. The number of methoxy groups -OCH3 is 1. The first kappa shape index (κ1) is 28.0. The number of aliphatic hydroxyl groups excluding tert-OH is 4. The van der Waals surface area contributed by atoms with Crippen LogP contribution in [0.3, 0.4) is 0 Å². The molecule has 0 amide bonds. The number of hydrogen-bond donors (Lipinski definition) is 5. The van der Waals surface area contributed by atoms with Crippen molar-refractivity contribution in [3.8, 4) is 5.75 Å². The summed E-state index contributed by atoms with van der Waals surface area (Å²) in [5.74, 6) is -2.97. The highest BCUT2D eigenvalue weighted by molar-refractivity contribution is 5.87. The molecule has 2 heterocycles. The summed E-state index contributed by atoms with van der Waals surface area (Å²) in [6, 6.07) is 6.86. The van der Waals surface area contributed by atoms with Crippen molar-refractivity contribution < 1.29 is 58.8 Å². The fourth-order valence-corrected chi connectivity index (χ4v) is 5.15. The molecule has 2 aliphatic heterocycles. The summed E-state index contributed by atoms with van der Waals surface area (Å²) in [4.78, 5) is 24.3. The molecule has 1 aromatic carbocycles. The smallest absolute Gasteiger partial charge is 0.334 e. The van der Waals surface area contributed by atoms with Gasteiger partial charge in [-0.05, 0) is 36.1 Å². The number of benzene rings is 1. The number of carbonyl (C=O) groups is 2. The first-order valence-electron chi connectivity index (χ1n) is 12.2. The van der Waals surface area contributed by atoms with Gasteiger partial charge in [0.25, 0.3) is 0 Å². The van der Waals surface area contributed by atoms with Gasteiger partial charge < -0.3 is 49.2 Å². The second-order valence-corrected chi connectivity index (χ2v) is 9.58. The average molecular weight is 537 g/mol. The molecule has 4 rings (SSSR count). The van der Waals surface area contributed by atoms with Gasteiger partial charge in [-0.25, -0.2) is 9.59 Å². The van der Waals surface area contributed by atoms with Gasteiger partial charge in [-0.2, -0.15) is 0 Å². The lowest BCUT2D eigenvalue weighted by atomic mass is 9.83. The van der Waals surface area contributed by atoms with Gasteiger partial charge in [0.05, 0.1) is 31.7 Å². The van der Waals surface area contributed by atoms with Gasteiger partial charge in [0.15, 0.2) is 6.10 Å². The molecule has 1 saturated carbocycles. The monoisotopic (exact) mass is 536 g/mol. The van der Waals surface area contributed by atoms with E-state index in [0.29, 0.717) is 11.3 Å². The minimum atomic E-state index is -1.68. The first-order valence-corrected chi connectivity index (χ1v) is 12.2. The lowest BCUT2D eigenvalue weighted by Crippen LogP contribution is -2.61. The van der Waals surface area contributed by atoms with Gasteiger partial charge in [0.2, 0.25) is 12.6 Å². The van der Waals surface area contributed by atoms with E-state index in [2.05, 4.69) is 0 Å². The Morgan fingerprint density at radius 1 is 1.11 bits per heavy atom. The van der Waals surface area contributed by atoms with Crippen molar-refractivity contribution in [3.05, 3.63) is 47.7 Å². The fraction of sp³-hybridized carbons (Fsp3) is 0.538. The number of aliphatic carboxylic acids is 1. The minimum absolute atomic E-state index is 0.00171. The topological polar surface area (TPSA) is 181 Å². The van der Waals surface area contributed by atoms with Crippen molar-refractivity contribution in [2.24, 2.45) is 17.8 Å². The molecule has 0 aromatic heterocycles. The molecule has 0 radical (unpaired) electrons. The Kier molecular flexibility index (Phi) is 8.71. The van der Waals surface area contributed by atoms with Gasteiger partial charge in [0, 0.05) is 17.9 Å². The van der Waals surface area contributed by atoms with Crippen LogP contribution in [0.25, 0.3) is 6.08 Å². The molecular weight excluding hydrogens is 504 g/mol. The average Bonchev–Trinajstić information content (AvgIpc) is 3.21. The third-order valence-electron chi connectivity index (χ3n) is 7.34. The maximum atomic E-state index is 12.6. The van der Waals surface area contributed by atoms with Gasteiger partial charge in [-0.15, -0.1) is 0 Å². The summed E-state index contributed by atoms with van der Waals surface area (Å²) >= 11 is 0. The Morgan fingerprint density at radius 2 is 1.82 bits per heavy atom. The zero-order valence-electron chi connectivity index (χ0n) is 20.8. The minimum Gasteiger partial charge on any atom is -0.497 e. The van der Waals surface area contributed by atoms with Crippen molar-refractivity contribution in [1.29, 1.82) is 0 Å². The van der Waals surface area contributed by atoms with Crippen molar-refractivity contribution >= 4 is 18.0 Å². The van der Waals surface area contributed by atoms with E-state index in [9.17, 15) is 35.1 Å². The number of rotatable bonds is 8. The molecular formula is C26H32O12. The maximum absolute atomic E-state index is 12.6. The van der Waals surface area contributed by atoms with Crippen LogP contribution in [0.2, 0.25) is 0 Å². The third kappa shape index (κ3) is 5.70. The van der Waals surface area contributed by atoms with E-state index in [0.717, 1.165) is 12.3 Å². The Bertz CT molecular complexity index is 1050. The quantitative estimate of drug-likeness (QED) is 0.222. The summed E-state index contributed by atoms with van der Waals surface area (Å²) in [6.45, 7) is 1.07. The summed E-state index contributed by atoms with van der Waals surface area (Å²) in [6.07, 6.45) is -5.61. The summed E-state index contributed by atoms with van der Waals surface area (Å²) in [7, 11) is 1.53. The van der Waals surface area contributed by atoms with Crippen LogP contribution in [-0.4, -0.2) is 94.3 Å². The highest BCUT2D eigenvalue weighted by atomic mass is 16.8. The van der Waals surface area contributed by atoms with E-state index in [4.69, 9.17) is 23.7 Å². The van der Waals surface area contributed by atoms with E-state index in [1.807, 2.05) is 0 Å². The number of hydrogen-bond acceptors (Lipinski definition) is 11. The van der Waals surface area contributed by atoms with Crippen molar-refractivity contribution in [1.82, 2.24) is 0 Å². The second-order valence-electron chi connectivity index (χ2n) is 9.58. The van der Waals surface area contributed by atoms with Crippen LogP contribution in [0.1, 0.15) is 18.9 Å². The zero-order chi connectivity index (χ0) is 27.6. The fourth-order valence-electron chi connectivity index (χ4n) is 5.15. The standard InChI is InChI=1S/C26H32O12/c1-12-17(28)9-15-16(24(32)33)11-35-25(20(12)15)38-26-23(22(31)21(30)18(10-27)36-26)37-19(29)8-5-13-3-6-14(34-2)7-4-13/h3-8,11-12,15,17-18,20-23,25-28,30-31H,9-10H2,1-2H3,(H,32,33)/b8-5+/t12-,15+,17-,18+,20-,21+,22-,23+,25-,26-/m0/s1. The SMILES string of the molecule is COc1ccc(/C=C/C(=O)O[C@H]2[C@H](O[C@@H]3OC=C(C(=O)O)[C@H]4C[C@H](O)[C@H](C)[C@H]34)O[C@H](CO)[C@@H](O)[C@@H]2O)cc1. The molecule has 208 valence electrons. The van der Waals surface area contributed by atoms with Crippen molar-refractivity contribution in [3.63, 3.8) is 0 Å². The summed E-state index contributed by atoms with van der Waals surface area (Å²) < 4.78 is 27.6. The zero-order valence-corrected chi connectivity index (χ0v) is 20.8. The Morgan fingerprint density at radius 3 is 2.45 bits per heavy atom.